The highest BCUT2D eigenvalue weighted by molar-refractivity contribution is 7.90. The van der Waals surface area contributed by atoms with Crippen molar-refractivity contribution >= 4 is 16.0 Å². The molecule has 1 rings (SSSR count). The molecule has 0 atom stereocenters. The number of carboxylic acid groups (broad SMARTS) is 1. The van der Waals surface area contributed by atoms with E-state index in [1.165, 1.54) is 6.20 Å². The Morgan fingerprint density at radius 2 is 2.36 bits per heavy atom. The summed E-state index contributed by atoms with van der Waals surface area (Å²) in [5.74, 6) is -1.90. The number of H-pyrrole nitrogens is 1. The van der Waals surface area contributed by atoms with Gasteiger partial charge in [-0.25, -0.2) is 18.1 Å². The maximum Gasteiger partial charge on any atom is 0.320 e. The number of carboxylic acids is 1. The maximum absolute atomic E-state index is 11.0. The quantitative estimate of drug-likeness (QED) is 0.582. The average molecular weight is 219 g/mol. The molecule has 0 aliphatic heterocycles. The number of nitrogens with zero attached hydrogens (tertiary/aromatic N) is 1. The van der Waals surface area contributed by atoms with E-state index < -0.39 is 21.7 Å². The van der Waals surface area contributed by atoms with Crippen molar-refractivity contribution in [1.29, 1.82) is 0 Å². The Balaban J connectivity index is 2.49. The Labute approximate surface area is 80.2 Å². The smallest absolute Gasteiger partial charge is 0.320 e. The second-order valence-electron chi connectivity index (χ2n) is 2.51. The monoisotopic (exact) mass is 219 g/mol. The van der Waals surface area contributed by atoms with Gasteiger partial charge in [0.15, 0.2) is 5.75 Å². The SMILES string of the molecule is O=C(O)CS(=O)(=O)NCc1ncc[nH]1. The van der Waals surface area contributed by atoms with Crippen LogP contribution in [0.25, 0.3) is 0 Å². The molecule has 0 bridgehead atoms. The minimum atomic E-state index is -3.77. The molecule has 3 N–H and O–H groups in total. The van der Waals surface area contributed by atoms with Crippen molar-refractivity contribution in [3.05, 3.63) is 18.2 Å². The predicted octanol–water partition coefficient (Wildman–Crippen LogP) is -1.09. The van der Waals surface area contributed by atoms with Crippen molar-refractivity contribution in [1.82, 2.24) is 14.7 Å². The van der Waals surface area contributed by atoms with Crippen LogP contribution in [0.4, 0.5) is 0 Å². The summed E-state index contributed by atoms with van der Waals surface area (Å²) in [7, 11) is -3.77. The highest BCUT2D eigenvalue weighted by atomic mass is 32.2. The number of imidazole rings is 1. The molecule has 0 radical (unpaired) electrons. The third kappa shape index (κ3) is 3.54. The molecular formula is C6H9N3O4S. The van der Waals surface area contributed by atoms with E-state index in [2.05, 4.69) is 14.7 Å². The fraction of sp³-hybridized carbons (Fsp3) is 0.333. The number of aromatic amines is 1. The molecule has 0 spiro atoms. The Morgan fingerprint density at radius 1 is 1.64 bits per heavy atom. The van der Waals surface area contributed by atoms with Gasteiger partial charge in [0.05, 0.1) is 6.54 Å². The number of aliphatic carboxylic acids is 1. The second-order valence-corrected chi connectivity index (χ2v) is 4.32. The third-order valence-corrected chi connectivity index (χ3v) is 2.54. The maximum atomic E-state index is 11.0. The Hall–Kier alpha value is -1.41. The number of hydrogen-bond acceptors (Lipinski definition) is 4. The van der Waals surface area contributed by atoms with E-state index in [1.807, 2.05) is 0 Å². The van der Waals surface area contributed by atoms with Gasteiger partial charge in [0.1, 0.15) is 5.82 Å². The molecule has 1 heterocycles. The number of nitrogens with one attached hydrogen (secondary N) is 2. The first-order chi connectivity index (χ1) is 6.49. The van der Waals surface area contributed by atoms with Crippen LogP contribution in [-0.4, -0.2) is 35.2 Å². The summed E-state index contributed by atoms with van der Waals surface area (Å²) in [5, 5.41) is 8.26. The molecule has 14 heavy (non-hydrogen) atoms. The van der Waals surface area contributed by atoms with Crippen molar-refractivity contribution in [2.75, 3.05) is 5.75 Å². The lowest BCUT2D eigenvalue weighted by atomic mass is 10.6. The van der Waals surface area contributed by atoms with Gasteiger partial charge in [0.2, 0.25) is 10.0 Å². The number of hydrogen-bond donors (Lipinski definition) is 3. The summed E-state index contributed by atoms with van der Waals surface area (Å²) >= 11 is 0. The van der Waals surface area contributed by atoms with E-state index in [4.69, 9.17) is 5.11 Å². The summed E-state index contributed by atoms with van der Waals surface area (Å²) < 4.78 is 24.1. The zero-order valence-electron chi connectivity index (χ0n) is 7.10. The van der Waals surface area contributed by atoms with Gasteiger partial charge < -0.3 is 10.1 Å². The third-order valence-electron chi connectivity index (χ3n) is 1.33. The Morgan fingerprint density at radius 3 is 2.86 bits per heavy atom. The van der Waals surface area contributed by atoms with Crippen LogP contribution in [0.15, 0.2) is 12.4 Å². The minimum absolute atomic E-state index is 0.0391. The van der Waals surface area contributed by atoms with Gasteiger partial charge in [-0.05, 0) is 0 Å². The molecule has 78 valence electrons. The van der Waals surface area contributed by atoms with E-state index in [-0.39, 0.29) is 6.54 Å². The summed E-state index contributed by atoms with van der Waals surface area (Å²) in [4.78, 5) is 16.6. The largest absolute Gasteiger partial charge is 0.480 e. The van der Waals surface area contributed by atoms with Gasteiger partial charge in [-0.3, -0.25) is 4.79 Å². The number of aromatic nitrogens is 2. The van der Waals surface area contributed by atoms with E-state index in [1.54, 1.807) is 6.20 Å². The molecule has 1 aromatic rings. The fourth-order valence-corrected chi connectivity index (χ4v) is 1.57. The highest BCUT2D eigenvalue weighted by Gasteiger charge is 2.15. The van der Waals surface area contributed by atoms with Crippen molar-refractivity contribution in [2.24, 2.45) is 0 Å². The molecule has 0 amide bonds. The molecule has 0 saturated carbocycles. The van der Waals surface area contributed by atoms with Gasteiger partial charge in [-0.2, -0.15) is 0 Å². The van der Waals surface area contributed by atoms with Crippen LogP contribution >= 0.6 is 0 Å². The van der Waals surface area contributed by atoms with Crippen molar-refractivity contribution < 1.29 is 18.3 Å². The van der Waals surface area contributed by atoms with Crippen LogP contribution in [-0.2, 0) is 21.4 Å². The van der Waals surface area contributed by atoms with Crippen LogP contribution in [0.3, 0.4) is 0 Å². The van der Waals surface area contributed by atoms with Gasteiger partial charge in [-0.1, -0.05) is 0 Å². The summed E-state index contributed by atoms with van der Waals surface area (Å²) in [6, 6.07) is 0. The first-order valence-corrected chi connectivity index (χ1v) is 5.32. The Kier molecular flexibility index (Phi) is 3.20. The zero-order chi connectivity index (χ0) is 10.6. The minimum Gasteiger partial charge on any atom is -0.480 e. The van der Waals surface area contributed by atoms with E-state index >= 15 is 0 Å². The summed E-state index contributed by atoms with van der Waals surface area (Å²) in [6.07, 6.45) is 3.02. The van der Waals surface area contributed by atoms with Crippen LogP contribution in [0, 0.1) is 0 Å². The fourth-order valence-electron chi connectivity index (χ4n) is 0.787. The molecule has 0 saturated heterocycles. The lowest BCUT2D eigenvalue weighted by molar-refractivity contribution is -0.134. The van der Waals surface area contributed by atoms with Crippen LogP contribution < -0.4 is 4.72 Å². The summed E-state index contributed by atoms with van der Waals surface area (Å²) in [5.41, 5.74) is 0. The molecule has 0 aliphatic rings. The molecule has 7 nitrogen and oxygen atoms in total. The lowest BCUT2D eigenvalue weighted by Gasteiger charge is -2.01. The Bertz CT molecular complexity index is 397. The molecular weight excluding hydrogens is 210 g/mol. The van der Waals surface area contributed by atoms with Crippen LogP contribution in [0.1, 0.15) is 5.82 Å². The highest BCUT2D eigenvalue weighted by Crippen LogP contribution is 1.90. The van der Waals surface area contributed by atoms with Crippen molar-refractivity contribution in [3.63, 3.8) is 0 Å². The average Bonchev–Trinajstić information content (AvgIpc) is 2.50. The lowest BCUT2D eigenvalue weighted by Crippen LogP contribution is -2.29. The van der Waals surface area contributed by atoms with Gasteiger partial charge in [-0.15, -0.1) is 0 Å². The van der Waals surface area contributed by atoms with Gasteiger partial charge in [0.25, 0.3) is 0 Å². The van der Waals surface area contributed by atoms with Gasteiger partial charge in [0, 0.05) is 12.4 Å². The number of carbonyl (C=O) groups is 1. The number of sulfonamides is 1. The van der Waals surface area contributed by atoms with Crippen molar-refractivity contribution in [3.8, 4) is 0 Å². The topological polar surface area (TPSA) is 112 Å². The summed E-state index contributed by atoms with van der Waals surface area (Å²) in [6.45, 7) is -0.0391. The molecule has 0 fully saturated rings. The molecule has 1 aromatic heterocycles. The van der Waals surface area contributed by atoms with Crippen LogP contribution in [0.2, 0.25) is 0 Å². The molecule has 0 aromatic carbocycles. The van der Waals surface area contributed by atoms with Gasteiger partial charge >= 0.3 is 5.97 Å². The first kappa shape index (κ1) is 10.7. The first-order valence-electron chi connectivity index (χ1n) is 3.67. The molecule has 0 unspecified atom stereocenters. The van der Waals surface area contributed by atoms with Crippen molar-refractivity contribution in [2.45, 2.75) is 6.54 Å². The van der Waals surface area contributed by atoms with E-state index in [9.17, 15) is 13.2 Å². The second kappa shape index (κ2) is 4.20. The molecule has 0 aliphatic carbocycles. The van der Waals surface area contributed by atoms with E-state index in [0.717, 1.165) is 0 Å². The zero-order valence-corrected chi connectivity index (χ0v) is 7.91. The normalized spacial score (nSPS) is 11.4. The van der Waals surface area contributed by atoms with Crippen LogP contribution in [0.5, 0.6) is 0 Å². The molecule has 8 heteroatoms. The predicted molar refractivity (Wildman–Crippen MR) is 46.9 cm³/mol. The van der Waals surface area contributed by atoms with E-state index in [0.29, 0.717) is 5.82 Å². The standard InChI is InChI=1S/C6H9N3O4S/c10-6(11)4-14(12,13)9-3-5-7-1-2-8-5/h1-2,9H,3-4H2,(H,7,8)(H,10,11). The number of rotatable bonds is 5.